The van der Waals surface area contributed by atoms with Crippen molar-refractivity contribution < 1.29 is 9.53 Å². The molecule has 3 rings (SSSR count). The van der Waals surface area contributed by atoms with Gasteiger partial charge in [-0.05, 0) is 62.4 Å². The second kappa shape index (κ2) is 5.96. The van der Waals surface area contributed by atoms with Gasteiger partial charge in [0.2, 0.25) is 0 Å². The van der Waals surface area contributed by atoms with Crippen LogP contribution in [-0.4, -0.2) is 25.0 Å². The van der Waals surface area contributed by atoms with Crippen molar-refractivity contribution in [3.05, 3.63) is 29.8 Å². The summed E-state index contributed by atoms with van der Waals surface area (Å²) in [6, 6.07) is 7.93. The van der Waals surface area contributed by atoms with Crippen molar-refractivity contribution in [1.82, 2.24) is 5.32 Å². The first-order valence-corrected chi connectivity index (χ1v) is 7.77. The van der Waals surface area contributed by atoms with Gasteiger partial charge >= 0.3 is 0 Å². The zero-order valence-corrected chi connectivity index (χ0v) is 12.1. The van der Waals surface area contributed by atoms with E-state index in [0.717, 1.165) is 29.7 Å². The monoisotopic (exact) mass is 273 g/mol. The zero-order valence-electron chi connectivity index (χ0n) is 12.1. The molecule has 1 heterocycles. The van der Waals surface area contributed by atoms with Gasteiger partial charge in [0.05, 0.1) is 6.61 Å². The van der Waals surface area contributed by atoms with Crippen molar-refractivity contribution in [2.45, 2.75) is 38.6 Å². The molecule has 3 unspecified atom stereocenters. The highest BCUT2D eigenvalue weighted by atomic mass is 16.5. The summed E-state index contributed by atoms with van der Waals surface area (Å²) >= 11 is 0. The third kappa shape index (κ3) is 2.73. The molecule has 3 nitrogen and oxygen atoms in total. The van der Waals surface area contributed by atoms with Gasteiger partial charge in [0.1, 0.15) is 5.75 Å². The Bertz CT molecular complexity index is 468. The van der Waals surface area contributed by atoms with Crippen LogP contribution in [0.3, 0.4) is 0 Å². The van der Waals surface area contributed by atoms with Crippen LogP contribution in [-0.2, 0) is 0 Å². The van der Waals surface area contributed by atoms with Crippen molar-refractivity contribution in [2.24, 2.45) is 11.8 Å². The summed E-state index contributed by atoms with van der Waals surface area (Å²) in [5.74, 6) is 2.62. The highest BCUT2D eigenvalue weighted by Gasteiger charge is 2.39. The third-order valence-electron chi connectivity index (χ3n) is 4.77. The van der Waals surface area contributed by atoms with E-state index in [-0.39, 0.29) is 5.78 Å². The maximum Gasteiger partial charge on any atom is 0.164 e. The molecule has 1 N–H and O–H groups in total. The third-order valence-corrected chi connectivity index (χ3v) is 4.77. The lowest BCUT2D eigenvalue weighted by atomic mass is 9.90. The van der Waals surface area contributed by atoms with Gasteiger partial charge in [-0.25, -0.2) is 0 Å². The van der Waals surface area contributed by atoms with E-state index in [1.54, 1.807) is 0 Å². The van der Waals surface area contributed by atoms with Gasteiger partial charge in [-0.1, -0.05) is 6.42 Å². The summed E-state index contributed by atoms with van der Waals surface area (Å²) in [5.41, 5.74) is 0.803. The summed E-state index contributed by atoms with van der Waals surface area (Å²) in [4.78, 5) is 12.4. The molecule has 3 heteroatoms. The Morgan fingerprint density at radius 1 is 1.30 bits per heavy atom. The largest absolute Gasteiger partial charge is 0.494 e. The molecule has 0 aromatic heterocycles. The molecule has 1 aliphatic carbocycles. The van der Waals surface area contributed by atoms with E-state index in [1.165, 1.54) is 19.3 Å². The Labute approximate surface area is 120 Å². The molecule has 0 spiro atoms. The predicted molar refractivity (Wildman–Crippen MR) is 79.2 cm³/mol. The average Bonchev–Trinajstić information content (AvgIpc) is 3.05. The number of ketones is 1. The topological polar surface area (TPSA) is 38.3 Å². The molecule has 1 aromatic rings. The molecular weight excluding hydrogens is 250 g/mol. The molecule has 108 valence electrons. The Kier molecular flexibility index (Phi) is 4.06. The summed E-state index contributed by atoms with van der Waals surface area (Å²) in [6.07, 6.45) is 4.60. The summed E-state index contributed by atoms with van der Waals surface area (Å²) in [7, 11) is 0. The van der Waals surface area contributed by atoms with Crippen molar-refractivity contribution in [2.75, 3.05) is 13.2 Å². The van der Waals surface area contributed by atoms with Crippen LogP contribution in [0.15, 0.2) is 24.3 Å². The SMILES string of the molecule is CCOc1ccc(C(=O)CC2NCC3CCCC32)cc1. The van der Waals surface area contributed by atoms with E-state index >= 15 is 0 Å². The first-order chi connectivity index (χ1) is 9.78. The summed E-state index contributed by atoms with van der Waals surface area (Å²) in [6.45, 7) is 3.72. The minimum Gasteiger partial charge on any atom is -0.494 e. The highest BCUT2D eigenvalue weighted by molar-refractivity contribution is 5.96. The fourth-order valence-electron chi connectivity index (χ4n) is 3.75. The van der Waals surface area contributed by atoms with E-state index < -0.39 is 0 Å². The van der Waals surface area contributed by atoms with E-state index in [2.05, 4.69) is 5.32 Å². The maximum atomic E-state index is 12.4. The number of hydrogen-bond donors (Lipinski definition) is 1. The zero-order chi connectivity index (χ0) is 13.9. The fraction of sp³-hybridized carbons (Fsp3) is 0.588. The molecule has 3 atom stereocenters. The van der Waals surface area contributed by atoms with Crippen LogP contribution < -0.4 is 10.1 Å². The number of hydrogen-bond acceptors (Lipinski definition) is 3. The minimum absolute atomic E-state index is 0.248. The number of Topliss-reactive ketones (excluding diaryl/α,β-unsaturated/α-hetero) is 1. The molecule has 2 aliphatic rings. The second-order valence-electron chi connectivity index (χ2n) is 5.95. The van der Waals surface area contributed by atoms with Gasteiger partial charge < -0.3 is 10.1 Å². The minimum atomic E-state index is 0.248. The highest BCUT2D eigenvalue weighted by Crippen LogP contribution is 2.39. The van der Waals surface area contributed by atoms with E-state index in [0.29, 0.717) is 19.1 Å². The number of benzene rings is 1. The van der Waals surface area contributed by atoms with Crippen molar-refractivity contribution >= 4 is 5.78 Å². The van der Waals surface area contributed by atoms with Crippen LogP contribution in [0.25, 0.3) is 0 Å². The molecule has 0 amide bonds. The van der Waals surface area contributed by atoms with Gasteiger partial charge in [-0.15, -0.1) is 0 Å². The number of carbonyl (C=O) groups excluding carboxylic acids is 1. The fourth-order valence-corrected chi connectivity index (χ4v) is 3.75. The number of rotatable bonds is 5. The van der Waals surface area contributed by atoms with Gasteiger partial charge in [0.15, 0.2) is 5.78 Å². The Morgan fingerprint density at radius 2 is 2.10 bits per heavy atom. The first-order valence-electron chi connectivity index (χ1n) is 7.77. The van der Waals surface area contributed by atoms with Gasteiger partial charge in [-0.2, -0.15) is 0 Å². The number of nitrogens with one attached hydrogen (secondary N) is 1. The molecule has 1 saturated carbocycles. The van der Waals surface area contributed by atoms with E-state index in [1.807, 2.05) is 31.2 Å². The van der Waals surface area contributed by atoms with Crippen LogP contribution >= 0.6 is 0 Å². The number of ether oxygens (including phenoxy) is 1. The van der Waals surface area contributed by atoms with E-state index in [4.69, 9.17) is 4.74 Å². The van der Waals surface area contributed by atoms with Crippen molar-refractivity contribution in [1.29, 1.82) is 0 Å². The van der Waals surface area contributed by atoms with Crippen LogP contribution in [0.4, 0.5) is 0 Å². The standard InChI is InChI=1S/C17H23NO2/c1-2-20-14-8-6-12(7-9-14)17(19)10-16-15-5-3-4-13(15)11-18-16/h6-9,13,15-16,18H,2-5,10-11H2,1H3. The molecule has 1 aromatic carbocycles. The summed E-state index contributed by atoms with van der Waals surface area (Å²) < 4.78 is 5.41. The van der Waals surface area contributed by atoms with Crippen LogP contribution in [0.5, 0.6) is 5.75 Å². The van der Waals surface area contributed by atoms with Crippen LogP contribution in [0, 0.1) is 11.8 Å². The van der Waals surface area contributed by atoms with Gasteiger partial charge in [0.25, 0.3) is 0 Å². The lowest BCUT2D eigenvalue weighted by molar-refractivity contribution is 0.0963. The lowest BCUT2D eigenvalue weighted by Crippen LogP contribution is -2.29. The Hall–Kier alpha value is -1.35. The molecule has 20 heavy (non-hydrogen) atoms. The van der Waals surface area contributed by atoms with Crippen molar-refractivity contribution in [3.8, 4) is 5.75 Å². The lowest BCUT2D eigenvalue weighted by Gasteiger charge is -2.17. The molecular formula is C17H23NO2. The van der Waals surface area contributed by atoms with Gasteiger partial charge in [0, 0.05) is 18.0 Å². The molecule has 0 bridgehead atoms. The Balaban J connectivity index is 1.61. The Morgan fingerprint density at radius 3 is 2.85 bits per heavy atom. The normalized spacial score (nSPS) is 28.4. The molecule has 0 radical (unpaired) electrons. The summed E-state index contributed by atoms with van der Waals surface area (Å²) in [5, 5.41) is 3.55. The second-order valence-corrected chi connectivity index (χ2v) is 5.95. The maximum absolute atomic E-state index is 12.4. The molecule has 1 aliphatic heterocycles. The smallest absolute Gasteiger partial charge is 0.164 e. The predicted octanol–water partition coefficient (Wildman–Crippen LogP) is 3.05. The van der Waals surface area contributed by atoms with Crippen LogP contribution in [0.1, 0.15) is 43.0 Å². The number of fused-ring (bicyclic) bond motifs is 1. The van der Waals surface area contributed by atoms with Crippen LogP contribution in [0.2, 0.25) is 0 Å². The average molecular weight is 273 g/mol. The molecule has 2 fully saturated rings. The van der Waals surface area contributed by atoms with Crippen molar-refractivity contribution in [3.63, 3.8) is 0 Å². The molecule has 1 saturated heterocycles. The number of carbonyl (C=O) groups is 1. The quantitative estimate of drug-likeness (QED) is 0.838. The first kappa shape index (κ1) is 13.6. The van der Waals surface area contributed by atoms with E-state index in [9.17, 15) is 4.79 Å². The van der Waals surface area contributed by atoms with Gasteiger partial charge in [-0.3, -0.25) is 4.79 Å².